The summed E-state index contributed by atoms with van der Waals surface area (Å²) in [7, 11) is 3.40. The fourth-order valence-corrected chi connectivity index (χ4v) is 11.1. The van der Waals surface area contributed by atoms with E-state index in [1.54, 1.807) is 20.4 Å². The van der Waals surface area contributed by atoms with E-state index in [-0.39, 0.29) is 0 Å². The molecule has 0 unspecified atom stereocenters. The van der Waals surface area contributed by atoms with Crippen LogP contribution in [0, 0.1) is 13.8 Å². The van der Waals surface area contributed by atoms with E-state index in [4.69, 9.17) is 19.7 Å². The highest BCUT2D eigenvalue weighted by Crippen LogP contribution is 2.45. The van der Waals surface area contributed by atoms with Gasteiger partial charge in [0.15, 0.2) is 0 Å². The maximum absolute atomic E-state index is 5.79. The zero-order chi connectivity index (χ0) is 48.9. The molecule has 0 aliphatic carbocycles. The number of methoxy groups -OCH3 is 2. The molecule has 8 aromatic carbocycles. The van der Waals surface area contributed by atoms with Crippen LogP contribution in [0.2, 0.25) is 0 Å². The number of para-hydroxylation sites is 4. The molecule has 11 heteroatoms. The number of hydrogen-bond acceptors (Lipinski definition) is 8. The smallest absolute Gasteiger partial charge is 0.122 e. The summed E-state index contributed by atoms with van der Waals surface area (Å²) in [6, 6.07) is 58.1. The highest BCUT2D eigenvalue weighted by molar-refractivity contribution is 6.12. The second-order valence-electron chi connectivity index (χ2n) is 18.6. The number of imidazole rings is 1. The monoisotopic (exact) mass is 945 g/mol. The van der Waals surface area contributed by atoms with E-state index in [1.807, 2.05) is 30.7 Å². The summed E-state index contributed by atoms with van der Waals surface area (Å²) in [6.45, 7) is 4.35. The van der Waals surface area contributed by atoms with Gasteiger partial charge in [0, 0.05) is 65.5 Å². The van der Waals surface area contributed by atoms with Crippen LogP contribution in [0.5, 0.6) is 11.5 Å². The second kappa shape index (κ2) is 16.4. The zero-order valence-electron chi connectivity index (χ0n) is 40.2. The van der Waals surface area contributed by atoms with Crippen LogP contribution in [0.15, 0.2) is 189 Å². The number of hydrogen-bond donors (Lipinski definition) is 0. The molecule has 0 aliphatic heterocycles. The molecule has 348 valence electrons. The van der Waals surface area contributed by atoms with Crippen molar-refractivity contribution in [3.8, 4) is 67.6 Å². The normalized spacial score (nSPS) is 11.8. The molecular formula is C62H43N9O2. The second-order valence-corrected chi connectivity index (χ2v) is 18.6. The Kier molecular flexibility index (Phi) is 9.49. The summed E-state index contributed by atoms with van der Waals surface area (Å²) in [5, 5.41) is 35.0. The van der Waals surface area contributed by atoms with Crippen LogP contribution in [0.25, 0.3) is 127 Å². The van der Waals surface area contributed by atoms with E-state index in [2.05, 4.69) is 199 Å². The Hall–Kier alpha value is -9.74. The molecule has 14 rings (SSSR count). The van der Waals surface area contributed by atoms with E-state index in [0.717, 1.165) is 122 Å². The van der Waals surface area contributed by atoms with Gasteiger partial charge in [-0.2, -0.15) is 20.4 Å². The number of fused-ring (bicyclic) bond motifs is 9. The molecule has 0 radical (unpaired) electrons. The van der Waals surface area contributed by atoms with Crippen LogP contribution >= 0.6 is 0 Å². The average molecular weight is 946 g/mol. The van der Waals surface area contributed by atoms with Crippen molar-refractivity contribution in [2.24, 2.45) is 0 Å². The molecular weight excluding hydrogens is 903 g/mol. The largest absolute Gasteiger partial charge is 0.497 e. The van der Waals surface area contributed by atoms with E-state index in [9.17, 15) is 0 Å². The van der Waals surface area contributed by atoms with Crippen LogP contribution in [0.4, 0.5) is 0 Å². The SMILES string of the molecule is COc1ccc2c(c1)c1cc(OC)ccc1n2-c1c(-c2ccc3cnncc3c2)cccc1-c1ccc2cnnc(-c3nncc4cc(-c5cccc(C)c5-n5c6ccccc6n6c(C)ccc56)ccc34)c2c1. The molecule has 0 aliphatic rings. The van der Waals surface area contributed by atoms with Crippen molar-refractivity contribution in [2.75, 3.05) is 14.2 Å². The maximum atomic E-state index is 5.79. The van der Waals surface area contributed by atoms with Gasteiger partial charge in [0.25, 0.3) is 0 Å². The standard InChI is InChI=1S/C62H43N9O2/c1-36-9-7-10-48(61(36)71-57-14-6-5-13-56(57)69-37(2)15-26-58(69)71)39-20-23-47-44(28-39)35-66-67-59(47)60-51-29-40(17-19-42(51)33-65-68-60)50-12-8-11-49(38-16-18-41-32-63-64-34-43(41)27-38)62(50)70-54-24-21-45(72-3)30-52(54)53-31-46(73-4)22-25-55(53)70/h5-35H,1-4H3. The van der Waals surface area contributed by atoms with Gasteiger partial charge in [-0.05, 0) is 115 Å². The van der Waals surface area contributed by atoms with Crippen molar-refractivity contribution in [1.29, 1.82) is 0 Å². The molecule has 11 nitrogen and oxygen atoms in total. The predicted octanol–water partition coefficient (Wildman–Crippen LogP) is 14.1. The van der Waals surface area contributed by atoms with E-state index < -0.39 is 0 Å². The Morgan fingerprint density at radius 3 is 1.67 bits per heavy atom. The Bertz CT molecular complexity index is 4530. The van der Waals surface area contributed by atoms with E-state index in [1.165, 1.54) is 16.8 Å². The third-order valence-electron chi connectivity index (χ3n) is 14.6. The molecule has 0 amide bonds. The molecule has 0 saturated carbocycles. The Morgan fingerprint density at radius 2 is 0.959 bits per heavy atom. The molecule has 6 aromatic heterocycles. The third-order valence-corrected chi connectivity index (χ3v) is 14.6. The first-order valence-electron chi connectivity index (χ1n) is 24.1. The van der Waals surface area contributed by atoms with Crippen molar-refractivity contribution in [2.45, 2.75) is 13.8 Å². The molecule has 6 heterocycles. The van der Waals surface area contributed by atoms with Gasteiger partial charge >= 0.3 is 0 Å². The Labute approximate surface area is 418 Å². The first kappa shape index (κ1) is 42.2. The summed E-state index contributed by atoms with van der Waals surface area (Å²) in [5.41, 5.74) is 17.6. The van der Waals surface area contributed by atoms with Crippen molar-refractivity contribution < 1.29 is 9.47 Å². The first-order valence-corrected chi connectivity index (χ1v) is 24.1. The van der Waals surface area contributed by atoms with Crippen molar-refractivity contribution in [1.82, 2.24) is 44.1 Å². The van der Waals surface area contributed by atoms with Gasteiger partial charge in [-0.25, -0.2) is 0 Å². The molecule has 0 spiro atoms. The zero-order valence-corrected chi connectivity index (χ0v) is 40.2. The van der Waals surface area contributed by atoms with Crippen LogP contribution < -0.4 is 9.47 Å². The lowest BCUT2D eigenvalue weighted by Crippen LogP contribution is -2.01. The number of ether oxygens (including phenoxy) is 2. The third kappa shape index (κ3) is 6.52. The lowest BCUT2D eigenvalue weighted by atomic mass is 9.93. The summed E-state index contributed by atoms with van der Waals surface area (Å²) in [6.07, 6.45) is 7.27. The summed E-state index contributed by atoms with van der Waals surface area (Å²) >= 11 is 0. The predicted molar refractivity (Wildman–Crippen MR) is 292 cm³/mol. The van der Waals surface area contributed by atoms with Crippen LogP contribution in [0.3, 0.4) is 0 Å². The first-order chi connectivity index (χ1) is 35.9. The van der Waals surface area contributed by atoms with Crippen molar-refractivity contribution in [3.05, 3.63) is 200 Å². The minimum Gasteiger partial charge on any atom is -0.497 e. The van der Waals surface area contributed by atoms with Crippen LogP contribution in [-0.2, 0) is 0 Å². The quantitative estimate of drug-likeness (QED) is 0.148. The molecule has 0 bridgehead atoms. The number of benzene rings is 8. The summed E-state index contributed by atoms with van der Waals surface area (Å²) < 4.78 is 18.7. The van der Waals surface area contributed by atoms with Gasteiger partial charge in [-0.15, -0.1) is 10.2 Å². The molecule has 73 heavy (non-hydrogen) atoms. The number of aromatic nitrogens is 9. The van der Waals surface area contributed by atoms with Crippen LogP contribution in [0.1, 0.15) is 11.3 Å². The fraction of sp³-hybridized carbons (Fsp3) is 0.0645. The molecule has 14 aromatic rings. The average Bonchev–Trinajstić information content (AvgIpc) is 4.10. The lowest BCUT2D eigenvalue weighted by molar-refractivity contribution is 0.415. The summed E-state index contributed by atoms with van der Waals surface area (Å²) in [4.78, 5) is 0. The van der Waals surface area contributed by atoms with Crippen molar-refractivity contribution >= 4 is 70.8 Å². The van der Waals surface area contributed by atoms with E-state index >= 15 is 0 Å². The van der Waals surface area contributed by atoms with Gasteiger partial charge in [-0.1, -0.05) is 84.9 Å². The summed E-state index contributed by atoms with van der Waals surface area (Å²) in [5.74, 6) is 1.54. The lowest BCUT2D eigenvalue weighted by Gasteiger charge is -2.20. The highest BCUT2D eigenvalue weighted by Gasteiger charge is 2.24. The number of nitrogens with zero attached hydrogens (tertiary/aromatic N) is 9. The number of aryl methyl sites for hydroxylation is 2. The van der Waals surface area contributed by atoms with Crippen molar-refractivity contribution in [3.63, 3.8) is 0 Å². The molecule has 0 N–H and O–H groups in total. The van der Waals surface area contributed by atoms with Crippen LogP contribution in [-0.4, -0.2) is 58.3 Å². The van der Waals surface area contributed by atoms with Gasteiger partial charge < -0.3 is 14.0 Å². The molecule has 0 saturated heterocycles. The van der Waals surface area contributed by atoms with Gasteiger partial charge in [0.1, 0.15) is 28.5 Å². The van der Waals surface area contributed by atoms with Gasteiger partial charge in [0.05, 0.1) is 72.4 Å². The molecule has 0 atom stereocenters. The fourth-order valence-electron chi connectivity index (χ4n) is 11.1. The van der Waals surface area contributed by atoms with E-state index in [0.29, 0.717) is 11.4 Å². The minimum absolute atomic E-state index is 0.649. The Morgan fingerprint density at radius 1 is 0.384 bits per heavy atom. The van der Waals surface area contributed by atoms with Gasteiger partial charge in [0.2, 0.25) is 0 Å². The Balaban J connectivity index is 0.958. The minimum atomic E-state index is 0.649. The topological polar surface area (TPSA) is 110 Å². The maximum Gasteiger partial charge on any atom is 0.122 e. The molecule has 0 fully saturated rings. The highest BCUT2D eigenvalue weighted by atomic mass is 16.5. The number of rotatable bonds is 8. The van der Waals surface area contributed by atoms with Gasteiger partial charge in [-0.3, -0.25) is 8.97 Å².